The predicted molar refractivity (Wildman–Crippen MR) is 67.0 cm³/mol. The van der Waals surface area contributed by atoms with Gasteiger partial charge in [-0.3, -0.25) is 0 Å². The molecule has 1 N–H and O–H groups in total. The second kappa shape index (κ2) is 4.97. The number of hydrogen-bond donors (Lipinski definition) is 1. The highest BCUT2D eigenvalue weighted by Crippen LogP contribution is 2.28. The first kappa shape index (κ1) is 10.9. The summed E-state index contributed by atoms with van der Waals surface area (Å²) >= 11 is 3.47. The van der Waals surface area contributed by atoms with Crippen molar-refractivity contribution < 1.29 is 0 Å². The molecule has 0 spiro atoms. The van der Waals surface area contributed by atoms with Crippen molar-refractivity contribution in [2.45, 2.75) is 38.6 Å². The van der Waals surface area contributed by atoms with Crippen LogP contribution in [0.4, 0.5) is 5.69 Å². The summed E-state index contributed by atoms with van der Waals surface area (Å²) in [4.78, 5) is 4.22. The summed E-state index contributed by atoms with van der Waals surface area (Å²) in [6.07, 6.45) is 7.16. The number of hydrogen-bond acceptors (Lipinski definition) is 2. The first-order valence-corrected chi connectivity index (χ1v) is 6.43. The van der Waals surface area contributed by atoms with E-state index < -0.39 is 0 Å². The lowest BCUT2D eigenvalue weighted by Crippen LogP contribution is -2.30. The van der Waals surface area contributed by atoms with Crippen LogP contribution in [0.3, 0.4) is 0 Å². The first-order chi connectivity index (χ1) is 7.27. The van der Waals surface area contributed by atoms with Crippen LogP contribution in [-0.4, -0.2) is 11.0 Å². The molecular formula is C12H17BrN2. The third kappa shape index (κ3) is 2.71. The molecule has 1 saturated carbocycles. The van der Waals surface area contributed by atoms with E-state index in [9.17, 15) is 0 Å². The highest BCUT2D eigenvalue weighted by molar-refractivity contribution is 9.10. The van der Waals surface area contributed by atoms with Crippen molar-refractivity contribution in [2.24, 2.45) is 5.92 Å². The van der Waals surface area contributed by atoms with Crippen LogP contribution in [0.1, 0.15) is 32.6 Å². The maximum atomic E-state index is 4.22. The van der Waals surface area contributed by atoms with Gasteiger partial charge >= 0.3 is 0 Å². The first-order valence-electron chi connectivity index (χ1n) is 5.64. The van der Waals surface area contributed by atoms with Gasteiger partial charge in [-0.15, -0.1) is 0 Å². The van der Waals surface area contributed by atoms with Gasteiger partial charge in [0.05, 0.1) is 5.69 Å². The van der Waals surface area contributed by atoms with Crippen molar-refractivity contribution in [3.8, 4) is 0 Å². The van der Waals surface area contributed by atoms with Crippen LogP contribution in [0.5, 0.6) is 0 Å². The molecule has 82 valence electrons. The Morgan fingerprint density at radius 2 is 2.20 bits per heavy atom. The Morgan fingerprint density at radius 1 is 1.40 bits per heavy atom. The molecule has 0 aromatic carbocycles. The quantitative estimate of drug-likeness (QED) is 0.825. The third-order valence-corrected chi connectivity index (χ3v) is 3.84. The summed E-state index contributed by atoms with van der Waals surface area (Å²) in [6, 6.07) is 4.66. The SMILES string of the molecule is CC1CCCCC1Nc1cccnc1Br. The number of halogens is 1. The van der Waals surface area contributed by atoms with Crippen molar-refractivity contribution in [3.63, 3.8) is 0 Å². The Hall–Kier alpha value is -0.570. The van der Waals surface area contributed by atoms with E-state index in [1.165, 1.54) is 25.7 Å². The van der Waals surface area contributed by atoms with Crippen molar-refractivity contribution in [3.05, 3.63) is 22.9 Å². The van der Waals surface area contributed by atoms with Crippen LogP contribution in [0.15, 0.2) is 22.9 Å². The minimum absolute atomic E-state index is 0.610. The molecule has 1 heterocycles. The Morgan fingerprint density at radius 3 is 2.93 bits per heavy atom. The van der Waals surface area contributed by atoms with Crippen LogP contribution in [0.2, 0.25) is 0 Å². The highest BCUT2D eigenvalue weighted by Gasteiger charge is 2.21. The van der Waals surface area contributed by atoms with Crippen LogP contribution in [-0.2, 0) is 0 Å². The van der Waals surface area contributed by atoms with Crippen LogP contribution in [0.25, 0.3) is 0 Å². The Balaban J connectivity index is 2.04. The summed E-state index contributed by atoms with van der Waals surface area (Å²) in [6.45, 7) is 2.33. The lowest BCUT2D eigenvalue weighted by atomic mass is 9.86. The molecular weight excluding hydrogens is 252 g/mol. The van der Waals surface area contributed by atoms with Gasteiger partial charge in [0.2, 0.25) is 0 Å². The molecule has 1 aromatic rings. The molecule has 0 bridgehead atoms. The Bertz CT molecular complexity index is 327. The molecule has 0 saturated heterocycles. The molecule has 15 heavy (non-hydrogen) atoms. The number of aromatic nitrogens is 1. The average molecular weight is 269 g/mol. The molecule has 2 unspecified atom stereocenters. The van der Waals surface area contributed by atoms with Crippen LogP contribution >= 0.6 is 15.9 Å². The molecule has 2 nitrogen and oxygen atoms in total. The topological polar surface area (TPSA) is 24.9 Å². The number of pyridine rings is 1. The second-order valence-electron chi connectivity index (χ2n) is 4.35. The van der Waals surface area contributed by atoms with Crippen molar-refractivity contribution in [2.75, 3.05) is 5.32 Å². The summed E-state index contributed by atoms with van der Waals surface area (Å²) in [5.41, 5.74) is 1.12. The number of nitrogens with one attached hydrogen (secondary N) is 1. The average Bonchev–Trinajstić information content (AvgIpc) is 2.24. The fraction of sp³-hybridized carbons (Fsp3) is 0.583. The summed E-state index contributed by atoms with van der Waals surface area (Å²) in [5.74, 6) is 0.769. The maximum Gasteiger partial charge on any atom is 0.129 e. The maximum absolute atomic E-state index is 4.22. The highest BCUT2D eigenvalue weighted by atomic mass is 79.9. The largest absolute Gasteiger partial charge is 0.380 e. The molecule has 0 radical (unpaired) electrons. The summed E-state index contributed by atoms with van der Waals surface area (Å²) in [7, 11) is 0. The van der Waals surface area contributed by atoms with E-state index in [4.69, 9.17) is 0 Å². The van der Waals surface area contributed by atoms with Gasteiger partial charge in [-0.2, -0.15) is 0 Å². The minimum atomic E-state index is 0.610. The van der Waals surface area contributed by atoms with Gasteiger partial charge in [-0.05, 0) is 46.8 Å². The van der Waals surface area contributed by atoms with Crippen LogP contribution in [0, 0.1) is 5.92 Å². The van der Waals surface area contributed by atoms with Crippen molar-refractivity contribution >= 4 is 21.6 Å². The third-order valence-electron chi connectivity index (χ3n) is 3.21. The van der Waals surface area contributed by atoms with E-state index in [1.54, 1.807) is 6.20 Å². The van der Waals surface area contributed by atoms with Gasteiger partial charge < -0.3 is 5.32 Å². The summed E-state index contributed by atoms with van der Waals surface area (Å²) < 4.78 is 0.919. The molecule has 2 atom stereocenters. The molecule has 0 aliphatic heterocycles. The van der Waals surface area contributed by atoms with Gasteiger partial charge in [0.15, 0.2) is 0 Å². The number of nitrogens with zero attached hydrogens (tertiary/aromatic N) is 1. The minimum Gasteiger partial charge on any atom is -0.380 e. The van der Waals surface area contributed by atoms with E-state index >= 15 is 0 Å². The standard InChI is InChI=1S/C12H17BrN2/c1-9-5-2-3-6-10(9)15-11-7-4-8-14-12(11)13/h4,7-10,15H,2-3,5-6H2,1H3. The smallest absolute Gasteiger partial charge is 0.129 e. The van der Waals surface area contributed by atoms with Crippen molar-refractivity contribution in [1.82, 2.24) is 4.98 Å². The Kier molecular flexibility index (Phi) is 3.62. The van der Waals surface area contributed by atoms with E-state index in [0.717, 1.165) is 16.2 Å². The van der Waals surface area contributed by atoms with Gasteiger partial charge in [0.1, 0.15) is 4.60 Å². The van der Waals surface area contributed by atoms with Gasteiger partial charge in [-0.25, -0.2) is 4.98 Å². The zero-order chi connectivity index (χ0) is 10.7. The van der Waals surface area contributed by atoms with Gasteiger partial charge in [-0.1, -0.05) is 19.8 Å². The monoisotopic (exact) mass is 268 g/mol. The summed E-state index contributed by atoms with van der Waals surface area (Å²) in [5, 5.41) is 3.59. The lowest BCUT2D eigenvalue weighted by Gasteiger charge is -2.30. The molecule has 1 fully saturated rings. The fourth-order valence-corrected chi connectivity index (χ4v) is 2.59. The van der Waals surface area contributed by atoms with E-state index in [-0.39, 0.29) is 0 Å². The zero-order valence-corrected chi connectivity index (χ0v) is 10.6. The molecule has 2 rings (SSSR count). The van der Waals surface area contributed by atoms with E-state index in [1.807, 2.05) is 6.07 Å². The molecule has 1 aliphatic carbocycles. The number of anilines is 1. The number of rotatable bonds is 2. The Labute approximate surface area is 99.6 Å². The molecule has 0 amide bonds. The van der Waals surface area contributed by atoms with Crippen LogP contribution < -0.4 is 5.32 Å². The second-order valence-corrected chi connectivity index (χ2v) is 5.11. The molecule has 1 aromatic heterocycles. The molecule has 1 aliphatic rings. The molecule has 3 heteroatoms. The normalized spacial score (nSPS) is 26.3. The zero-order valence-electron chi connectivity index (χ0n) is 9.04. The van der Waals surface area contributed by atoms with E-state index in [2.05, 4.69) is 39.2 Å². The van der Waals surface area contributed by atoms with Crippen molar-refractivity contribution in [1.29, 1.82) is 0 Å². The lowest BCUT2D eigenvalue weighted by molar-refractivity contribution is 0.349. The predicted octanol–water partition coefficient (Wildman–Crippen LogP) is 3.83. The van der Waals surface area contributed by atoms with Gasteiger partial charge in [0, 0.05) is 12.2 Å². The van der Waals surface area contributed by atoms with Gasteiger partial charge in [0.25, 0.3) is 0 Å². The fourth-order valence-electron chi connectivity index (χ4n) is 2.22. The van der Waals surface area contributed by atoms with E-state index in [0.29, 0.717) is 6.04 Å².